The molecule has 0 bridgehead atoms. The second kappa shape index (κ2) is 5.31. The van der Waals surface area contributed by atoms with Crippen LogP contribution in [0.25, 0.3) is 0 Å². The van der Waals surface area contributed by atoms with Crippen LogP contribution in [0.4, 0.5) is 8.78 Å². The van der Waals surface area contributed by atoms with E-state index in [0.717, 1.165) is 0 Å². The number of halogens is 2. The molecule has 1 aromatic carbocycles. The van der Waals surface area contributed by atoms with E-state index in [0.29, 0.717) is 12.8 Å². The molecule has 19 heavy (non-hydrogen) atoms. The highest BCUT2D eigenvalue weighted by Crippen LogP contribution is 2.60. The van der Waals surface area contributed by atoms with Gasteiger partial charge in [0.2, 0.25) is 0 Å². The van der Waals surface area contributed by atoms with Gasteiger partial charge in [0.15, 0.2) is 0 Å². The fraction of sp³-hybridized carbons (Fsp3) is 0.538. The second-order valence-corrected chi connectivity index (χ2v) is 7.11. The van der Waals surface area contributed by atoms with Crippen molar-refractivity contribution >= 4 is 7.60 Å². The second-order valence-electron chi connectivity index (χ2n) is 5.13. The summed E-state index contributed by atoms with van der Waals surface area (Å²) in [5.74, 6) is -0.548. The van der Waals surface area contributed by atoms with E-state index in [1.807, 2.05) is 0 Å². The molecule has 1 aliphatic carbocycles. The van der Waals surface area contributed by atoms with Crippen LogP contribution in [0.15, 0.2) is 24.3 Å². The summed E-state index contributed by atoms with van der Waals surface area (Å²) in [6.45, 7) is 0. The van der Waals surface area contributed by atoms with E-state index >= 15 is 0 Å². The molecule has 1 fully saturated rings. The standard InChI is InChI=1S/C13H17F2O3P/c14-11-6-2-1-5-10(11)9-13(19(16,17)18)8-4-3-7-12(13)15/h1-2,5-6,12H,3-4,7-9H2,(H2,16,17,18). The first-order chi connectivity index (χ1) is 8.87. The average molecular weight is 290 g/mol. The van der Waals surface area contributed by atoms with E-state index in [4.69, 9.17) is 0 Å². The quantitative estimate of drug-likeness (QED) is 0.840. The van der Waals surface area contributed by atoms with Crippen molar-refractivity contribution in [3.63, 3.8) is 0 Å². The van der Waals surface area contributed by atoms with Gasteiger partial charge in [-0.1, -0.05) is 31.0 Å². The Morgan fingerprint density at radius 2 is 2.00 bits per heavy atom. The van der Waals surface area contributed by atoms with Gasteiger partial charge < -0.3 is 9.79 Å². The van der Waals surface area contributed by atoms with Gasteiger partial charge in [0.1, 0.15) is 17.1 Å². The third-order valence-electron chi connectivity index (χ3n) is 3.93. The van der Waals surface area contributed by atoms with Gasteiger partial charge in [0, 0.05) is 0 Å². The number of benzene rings is 1. The van der Waals surface area contributed by atoms with Gasteiger partial charge in [0.25, 0.3) is 0 Å². The van der Waals surface area contributed by atoms with Crippen LogP contribution in [0, 0.1) is 5.82 Å². The molecule has 2 atom stereocenters. The summed E-state index contributed by atoms with van der Waals surface area (Å²) in [4.78, 5) is 19.1. The smallest absolute Gasteiger partial charge is 0.324 e. The van der Waals surface area contributed by atoms with Crippen LogP contribution < -0.4 is 0 Å². The third kappa shape index (κ3) is 2.73. The average Bonchev–Trinajstić information content (AvgIpc) is 2.33. The van der Waals surface area contributed by atoms with Crippen LogP contribution in [-0.4, -0.2) is 21.1 Å². The van der Waals surface area contributed by atoms with Gasteiger partial charge in [-0.15, -0.1) is 0 Å². The maximum Gasteiger partial charge on any atom is 0.334 e. The van der Waals surface area contributed by atoms with Crippen molar-refractivity contribution in [2.45, 2.75) is 43.4 Å². The predicted octanol–water partition coefficient (Wildman–Crippen LogP) is 3.20. The Balaban J connectivity index is 2.40. The first-order valence-electron chi connectivity index (χ1n) is 6.30. The summed E-state index contributed by atoms with van der Waals surface area (Å²) < 4.78 is 39.6. The largest absolute Gasteiger partial charge is 0.334 e. The molecular weight excluding hydrogens is 273 g/mol. The van der Waals surface area contributed by atoms with Crippen molar-refractivity contribution in [3.05, 3.63) is 35.6 Å². The number of hydrogen-bond donors (Lipinski definition) is 2. The molecule has 3 nitrogen and oxygen atoms in total. The normalized spacial score (nSPS) is 28.3. The van der Waals surface area contributed by atoms with Crippen molar-refractivity contribution in [3.8, 4) is 0 Å². The highest BCUT2D eigenvalue weighted by atomic mass is 31.2. The SMILES string of the molecule is O=P(O)(O)C1(Cc2ccccc2F)CCCCC1F. The van der Waals surface area contributed by atoms with Gasteiger partial charge >= 0.3 is 7.60 Å². The van der Waals surface area contributed by atoms with Gasteiger partial charge in [-0.3, -0.25) is 4.57 Å². The summed E-state index contributed by atoms with van der Waals surface area (Å²) >= 11 is 0. The molecule has 1 saturated carbocycles. The van der Waals surface area contributed by atoms with E-state index in [-0.39, 0.29) is 24.8 Å². The topological polar surface area (TPSA) is 57.5 Å². The minimum atomic E-state index is -4.66. The lowest BCUT2D eigenvalue weighted by Gasteiger charge is -2.40. The molecule has 2 unspecified atom stereocenters. The number of rotatable bonds is 3. The molecule has 0 radical (unpaired) electrons. The molecule has 0 heterocycles. The zero-order valence-corrected chi connectivity index (χ0v) is 11.3. The van der Waals surface area contributed by atoms with Crippen LogP contribution in [0.5, 0.6) is 0 Å². The Morgan fingerprint density at radius 3 is 2.58 bits per heavy atom. The molecule has 1 aromatic rings. The van der Waals surface area contributed by atoms with Crippen LogP contribution >= 0.6 is 7.60 Å². The van der Waals surface area contributed by atoms with Gasteiger partial charge in [0.05, 0.1) is 0 Å². The molecule has 106 valence electrons. The summed E-state index contributed by atoms with van der Waals surface area (Å²) in [7, 11) is -4.66. The predicted molar refractivity (Wildman–Crippen MR) is 68.2 cm³/mol. The van der Waals surface area contributed by atoms with E-state index in [9.17, 15) is 23.1 Å². The van der Waals surface area contributed by atoms with E-state index in [1.165, 1.54) is 18.2 Å². The highest BCUT2D eigenvalue weighted by Gasteiger charge is 2.54. The molecule has 1 aliphatic rings. The maximum atomic E-state index is 14.2. The minimum absolute atomic E-state index is 0.0901. The van der Waals surface area contributed by atoms with Crippen LogP contribution in [0.2, 0.25) is 0 Å². The van der Waals surface area contributed by atoms with Gasteiger partial charge in [-0.05, 0) is 30.9 Å². The molecule has 6 heteroatoms. The highest BCUT2D eigenvalue weighted by molar-refractivity contribution is 7.53. The molecule has 0 saturated heterocycles. The Morgan fingerprint density at radius 1 is 1.32 bits per heavy atom. The summed E-state index contributed by atoms with van der Waals surface area (Å²) in [6, 6.07) is 5.76. The van der Waals surface area contributed by atoms with Gasteiger partial charge in [-0.25, -0.2) is 8.78 Å². The molecule has 0 aliphatic heterocycles. The lowest BCUT2D eigenvalue weighted by atomic mass is 9.82. The molecule has 0 spiro atoms. The zero-order valence-electron chi connectivity index (χ0n) is 10.4. The molecule has 0 aromatic heterocycles. The van der Waals surface area contributed by atoms with Crippen molar-refractivity contribution in [1.82, 2.24) is 0 Å². The van der Waals surface area contributed by atoms with Crippen molar-refractivity contribution in [2.75, 3.05) is 0 Å². The molecule has 2 rings (SSSR count). The lowest BCUT2D eigenvalue weighted by Crippen LogP contribution is -2.44. The first-order valence-corrected chi connectivity index (χ1v) is 7.91. The Kier molecular flexibility index (Phi) is 4.09. The fourth-order valence-corrected chi connectivity index (χ4v) is 4.10. The monoisotopic (exact) mass is 290 g/mol. The zero-order chi connectivity index (χ0) is 14.1. The number of alkyl halides is 1. The van der Waals surface area contributed by atoms with Crippen LogP contribution in [0.1, 0.15) is 31.2 Å². The Hall–Kier alpha value is -0.770. The minimum Gasteiger partial charge on any atom is -0.324 e. The molecule has 2 N–H and O–H groups in total. The molecule has 0 amide bonds. The fourth-order valence-electron chi connectivity index (χ4n) is 2.78. The first kappa shape index (κ1) is 14.6. The van der Waals surface area contributed by atoms with Crippen LogP contribution in [0.3, 0.4) is 0 Å². The Labute approximate surface area is 110 Å². The Bertz CT molecular complexity index is 502. The summed E-state index contributed by atoms with van der Waals surface area (Å²) in [6.07, 6.45) is -0.473. The summed E-state index contributed by atoms with van der Waals surface area (Å²) in [5, 5.41) is -1.77. The van der Waals surface area contributed by atoms with E-state index in [2.05, 4.69) is 0 Å². The molecular formula is C13H17F2O3P. The summed E-state index contributed by atoms with van der Waals surface area (Å²) in [5.41, 5.74) is 0.162. The maximum absolute atomic E-state index is 14.2. The van der Waals surface area contributed by atoms with E-state index in [1.54, 1.807) is 6.07 Å². The third-order valence-corrected chi connectivity index (χ3v) is 5.76. The van der Waals surface area contributed by atoms with Crippen LogP contribution in [-0.2, 0) is 11.0 Å². The van der Waals surface area contributed by atoms with Crippen molar-refractivity contribution in [1.29, 1.82) is 0 Å². The number of hydrogen-bond acceptors (Lipinski definition) is 1. The van der Waals surface area contributed by atoms with Crippen molar-refractivity contribution < 1.29 is 23.1 Å². The van der Waals surface area contributed by atoms with E-state index < -0.39 is 24.7 Å². The van der Waals surface area contributed by atoms with Gasteiger partial charge in [-0.2, -0.15) is 0 Å². The van der Waals surface area contributed by atoms with Crippen molar-refractivity contribution in [2.24, 2.45) is 0 Å². The lowest BCUT2D eigenvalue weighted by molar-refractivity contribution is 0.155.